The van der Waals surface area contributed by atoms with Crippen molar-refractivity contribution >= 4 is 17.5 Å². The number of nitrogens with two attached hydrogens (primary N) is 1. The molecule has 7 heteroatoms. The molecule has 2 aromatic heterocycles. The molecule has 3 rings (SSSR count). The van der Waals surface area contributed by atoms with Crippen LogP contribution in [0.4, 0.5) is 5.95 Å². The van der Waals surface area contributed by atoms with Crippen molar-refractivity contribution in [3.8, 4) is 0 Å². The number of amides is 1. The molecule has 7 nitrogen and oxygen atoms in total. The van der Waals surface area contributed by atoms with Crippen molar-refractivity contribution < 1.29 is 4.79 Å². The van der Waals surface area contributed by atoms with E-state index in [0.29, 0.717) is 18.5 Å². The predicted octanol–water partition coefficient (Wildman–Crippen LogP) is 0.399. The third kappa shape index (κ3) is 3.13. The molecule has 0 bridgehead atoms. The fraction of sp³-hybridized carbons (Fsp3) is 0.500. The summed E-state index contributed by atoms with van der Waals surface area (Å²) in [5, 5.41) is 7.83. The molecule has 1 aliphatic rings. The number of aromatic nitrogens is 3. The molecule has 112 valence electrons. The maximum Gasteiger partial charge on any atom is 0.243 e. The molecular formula is C14H20N6O. The normalized spacial score (nSPS) is 17.2. The Labute approximate surface area is 123 Å². The van der Waals surface area contributed by atoms with Crippen molar-refractivity contribution in [2.24, 2.45) is 5.73 Å². The summed E-state index contributed by atoms with van der Waals surface area (Å²) in [6.45, 7) is 4.11. The first-order valence-corrected chi connectivity index (χ1v) is 7.21. The minimum Gasteiger partial charge on any atom is -0.369 e. The number of carbonyl (C=O) groups is 1. The summed E-state index contributed by atoms with van der Waals surface area (Å²) in [7, 11) is 0. The lowest BCUT2D eigenvalue weighted by Gasteiger charge is -2.31. The van der Waals surface area contributed by atoms with E-state index in [1.165, 1.54) is 0 Å². The van der Waals surface area contributed by atoms with Gasteiger partial charge >= 0.3 is 0 Å². The van der Waals surface area contributed by atoms with Crippen LogP contribution in [-0.2, 0) is 4.79 Å². The fourth-order valence-corrected chi connectivity index (χ4v) is 2.74. The first-order valence-electron chi connectivity index (χ1n) is 7.21. The van der Waals surface area contributed by atoms with Crippen LogP contribution >= 0.6 is 0 Å². The lowest BCUT2D eigenvalue weighted by Crippen LogP contribution is -2.43. The van der Waals surface area contributed by atoms with Crippen LogP contribution in [0, 0.1) is 6.92 Å². The molecule has 0 atom stereocenters. The van der Waals surface area contributed by atoms with Gasteiger partial charge in [0.15, 0.2) is 5.65 Å². The fourth-order valence-electron chi connectivity index (χ4n) is 2.74. The lowest BCUT2D eigenvalue weighted by atomic mass is 10.1. The number of piperidine rings is 1. The van der Waals surface area contributed by atoms with Crippen LogP contribution in [-0.4, -0.2) is 51.1 Å². The number of fused-ring (bicyclic) bond motifs is 1. The van der Waals surface area contributed by atoms with E-state index in [4.69, 9.17) is 5.73 Å². The van der Waals surface area contributed by atoms with Crippen LogP contribution in [0.15, 0.2) is 18.3 Å². The molecule has 21 heavy (non-hydrogen) atoms. The Balaban J connectivity index is 1.62. The van der Waals surface area contributed by atoms with E-state index in [-0.39, 0.29) is 5.91 Å². The Morgan fingerprint density at radius 2 is 2.24 bits per heavy atom. The first-order chi connectivity index (χ1) is 10.1. The Bertz CT molecular complexity index is 644. The average molecular weight is 288 g/mol. The SMILES string of the molecule is Cc1cccn2nc(NC3CCN(CC(N)=O)CC3)nc12. The number of hydrogen-bond acceptors (Lipinski definition) is 5. The molecule has 1 saturated heterocycles. The summed E-state index contributed by atoms with van der Waals surface area (Å²) >= 11 is 0. The van der Waals surface area contributed by atoms with Crippen molar-refractivity contribution in [3.05, 3.63) is 23.9 Å². The third-order valence-corrected chi connectivity index (χ3v) is 3.86. The molecule has 0 radical (unpaired) electrons. The number of aryl methyl sites for hydroxylation is 1. The zero-order valence-electron chi connectivity index (χ0n) is 12.1. The first kappa shape index (κ1) is 13.8. The molecular weight excluding hydrogens is 268 g/mol. The van der Waals surface area contributed by atoms with Crippen LogP contribution in [0.5, 0.6) is 0 Å². The highest BCUT2D eigenvalue weighted by Gasteiger charge is 2.21. The zero-order chi connectivity index (χ0) is 14.8. The largest absolute Gasteiger partial charge is 0.369 e. The van der Waals surface area contributed by atoms with Gasteiger partial charge in [0.1, 0.15) is 0 Å². The highest BCUT2D eigenvalue weighted by Crippen LogP contribution is 2.16. The van der Waals surface area contributed by atoms with Gasteiger partial charge in [0, 0.05) is 25.3 Å². The van der Waals surface area contributed by atoms with Crippen LogP contribution in [0.3, 0.4) is 0 Å². The number of anilines is 1. The molecule has 1 aliphatic heterocycles. The van der Waals surface area contributed by atoms with Gasteiger partial charge in [-0.05, 0) is 31.4 Å². The maximum absolute atomic E-state index is 10.9. The molecule has 0 saturated carbocycles. The summed E-state index contributed by atoms with van der Waals surface area (Å²) in [5.41, 5.74) is 7.21. The number of nitrogens with zero attached hydrogens (tertiary/aromatic N) is 4. The van der Waals surface area contributed by atoms with Gasteiger partial charge in [0.05, 0.1) is 6.54 Å². The molecule has 3 heterocycles. The smallest absolute Gasteiger partial charge is 0.243 e. The number of nitrogens with one attached hydrogen (secondary N) is 1. The van der Waals surface area contributed by atoms with Gasteiger partial charge in [-0.3, -0.25) is 9.69 Å². The zero-order valence-corrected chi connectivity index (χ0v) is 12.1. The number of primary amides is 1. The number of likely N-dealkylation sites (tertiary alicyclic amines) is 1. The molecule has 3 N–H and O–H groups in total. The Hall–Kier alpha value is -2.15. The highest BCUT2D eigenvalue weighted by molar-refractivity contribution is 5.75. The second-order valence-electron chi connectivity index (χ2n) is 5.56. The molecule has 0 aliphatic carbocycles. The second-order valence-corrected chi connectivity index (χ2v) is 5.56. The monoisotopic (exact) mass is 288 g/mol. The van der Waals surface area contributed by atoms with Crippen molar-refractivity contribution in [2.75, 3.05) is 25.0 Å². The molecule has 2 aromatic rings. The van der Waals surface area contributed by atoms with Gasteiger partial charge in [-0.1, -0.05) is 6.07 Å². The van der Waals surface area contributed by atoms with Crippen molar-refractivity contribution in [2.45, 2.75) is 25.8 Å². The van der Waals surface area contributed by atoms with Crippen LogP contribution in [0.2, 0.25) is 0 Å². The van der Waals surface area contributed by atoms with Crippen molar-refractivity contribution in [1.82, 2.24) is 19.5 Å². The lowest BCUT2D eigenvalue weighted by molar-refractivity contribution is -0.119. The third-order valence-electron chi connectivity index (χ3n) is 3.86. The van der Waals surface area contributed by atoms with Crippen LogP contribution < -0.4 is 11.1 Å². The Morgan fingerprint density at radius 1 is 1.48 bits per heavy atom. The molecule has 0 aromatic carbocycles. The van der Waals surface area contributed by atoms with E-state index in [9.17, 15) is 4.79 Å². The summed E-state index contributed by atoms with van der Waals surface area (Å²) in [5.74, 6) is 0.400. The van der Waals surface area contributed by atoms with Gasteiger partial charge in [-0.15, -0.1) is 5.10 Å². The van der Waals surface area contributed by atoms with Crippen molar-refractivity contribution in [3.63, 3.8) is 0 Å². The number of rotatable bonds is 4. The van der Waals surface area contributed by atoms with Crippen molar-refractivity contribution in [1.29, 1.82) is 0 Å². The van der Waals surface area contributed by atoms with Gasteiger partial charge in [-0.25, -0.2) is 4.52 Å². The summed E-state index contributed by atoms with van der Waals surface area (Å²) in [6, 6.07) is 4.33. The second kappa shape index (κ2) is 5.69. The van der Waals surface area contributed by atoms with E-state index in [1.807, 2.05) is 25.3 Å². The Kier molecular flexibility index (Phi) is 3.74. The molecule has 1 amide bonds. The standard InChI is InChI=1S/C14H20N6O/c1-10-3-2-6-20-13(10)17-14(18-20)16-11-4-7-19(8-5-11)9-12(15)21/h2-3,6,11H,4-5,7-9H2,1H3,(H2,15,21)(H,16,18). The minimum atomic E-state index is -0.265. The van der Waals surface area contributed by atoms with Gasteiger partial charge < -0.3 is 11.1 Å². The topological polar surface area (TPSA) is 88.5 Å². The molecule has 1 fully saturated rings. The maximum atomic E-state index is 10.9. The van der Waals surface area contributed by atoms with E-state index in [2.05, 4.69) is 20.3 Å². The summed E-state index contributed by atoms with van der Waals surface area (Å²) in [6.07, 6.45) is 3.82. The van der Waals surface area contributed by atoms with E-state index in [0.717, 1.165) is 37.1 Å². The van der Waals surface area contributed by atoms with E-state index >= 15 is 0 Å². The van der Waals surface area contributed by atoms with Gasteiger partial charge in [0.2, 0.25) is 11.9 Å². The predicted molar refractivity (Wildman–Crippen MR) is 80.0 cm³/mol. The van der Waals surface area contributed by atoms with E-state index in [1.54, 1.807) is 4.52 Å². The summed E-state index contributed by atoms with van der Waals surface area (Å²) < 4.78 is 1.79. The van der Waals surface area contributed by atoms with E-state index < -0.39 is 0 Å². The quantitative estimate of drug-likeness (QED) is 0.850. The van der Waals surface area contributed by atoms with Crippen LogP contribution in [0.25, 0.3) is 5.65 Å². The molecule has 0 spiro atoms. The highest BCUT2D eigenvalue weighted by atomic mass is 16.1. The number of pyridine rings is 1. The minimum absolute atomic E-state index is 0.265. The summed E-state index contributed by atoms with van der Waals surface area (Å²) in [4.78, 5) is 17.5. The Morgan fingerprint density at radius 3 is 2.90 bits per heavy atom. The van der Waals surface area contributed by atoms with Gasteiger partial charge in [0.25, 0.3) is 0 Å². The molecule has 0 unspecified atom stereocenters. The average Bonchev–Trinajstić information content (AvgIpc) is 2.84. The number of hydrogen-bond donors (Lipinski definition) is 2. The number of carbonyl (C=O) groups excluding carboxylic acids is 1. The van der Waals surface area contributed by atoms with Crippen LogP contribution in [0.1, 0.15) is 18.4 Å². The van der Waals surface area contributed by atoms with Gasteiger partial charge in [-0.2, -0.15) is 4.98 Å².